The fourth-order valence-corrected chi connectivity index (χ4v) is 3.07. The maximum Gasteiger partial charge on any atom is 0.224 e. The summed E-state index contributed by atoms with van der Waals surface area (Å²) < 4.78 is 2.11. The molecule has 92 valence electrons. The molecule has 1 aromatic rings. The number of hydrogen-bond acceptors (Lipinski definition) is 2. The van der Waals surface area contributed by atoms with Crippen molar-refractivity contribution >= 4 is 5.91 Å². The van der Waals surface area contributed by atoms with Crippen LogP contribution in [0.1, 0.15) is 39.0 Å². The lowest BCUT2D eigenvalue weighted by atomic mass is 10.0. The van der Waals surface area contributed by atoms with Gasteiger partial charge in [-0.1, -0.05) is 13.3 Å². The second-order valence-electron chi connectivity index (χ2n) is 5.32. The molecule has 2 heterocycles. The Morgan fingerprint density at radius 2 is 2.35 bits per heavy atom. The molecule has 0 N–H and O–H groups in total. The zero-order valence-electron chi connectivity index (χ0n) is 10.3. The van der Waals surface area contributed by atoms with Gasteiger partial charge in [0.1, 0.15) is 5.66 Å². The molecule has 3 rings (SSSR count). The third-order valence-electron chi connectivity index (χ3n) is 4.09. The Balaban J connectivity index is 1.79. The van der Waals surface area contributed by atoms with Crippen LogP contribution in [-0.2, 0) is 10.5 Å². The van der Waals surface area contributed by atoms with E-state index in [0.29, 0.717) is 11.8 Å². The number of imidazole rings is 1. The molecule has 0 radical (unpaired) electrons. The summed E-state index contributed by atoms with van der Waals surface area (Å²) in [7, 11) is 0. The molecular formula is C13H19N3O. The van der Waals surface area contributed by atoms with Gasteiger partial charge in [0.05, 0.1) is 6.33 Å². The number of likely N-dealkylation sites (tertiary alicyclic amines) is 1. The number of nitrogens with zero attached hydrogens (tertiary/aromatic N) is 3. The van der Waals surface area contributed by atoms with E-state index in [2.05, 4.69) is 21.4 Å². The van der Waals surface area contributed by atoms with E-state index in [0.717, 1.165) is 25.8 Å². The van der Waals surface area contributed by atoms with Crippen molar-refractivity contribution in [3.05, 3.63) is 18.7 Å². The van der Waals surface area contributed by atoms with Gasteiger partial charge in [-0.05, 0) is 25.2 Å². The zero-order chi connectivity index (χ0) is 11.9. The minimum Gasteiger partial charge on any atom is -0.319 e. The molecule has 1 aliphatic carbocycles. The van der Waals surface area contributed by atoms with Gasteiger partial charge in [0.2, 0.25) is 5.91 Å². The molecule has 1 saturated carbocycles. The van der Waals surface area contributed by atoms with Gasteiger partial charge in [0.15, 0.2) is 0 Å². The molecule has 0 bridgehead atoms. The number of carbonyl (C=O) groups is 1. The molecule has 1 saturated heterocycles. The van der Waals surface area contributed by atoms with Crippen LogP contribution in [0.3, 0.4) is 0 Å². The van der Waals surface area contributed by atoms with Crippen LogP contribution in [-0.4, -0.2) is 26.9 Å². The van der Waals surface area contributed by atoms with E-state index >= 15 is 0 Å². The van der Waals surface area contributed by atoms with E-state index in [9.17, 15) is 4.79 Å². The number of amides is 1. The van der Waals surface area contributed by atoms with Crippen LogP contribution < -0.4 is 0 Å². The summed E-state index contributed by atoms with van der Waals surface area (Å²) in [5.74, 6) is 0.892. The Morgan fingerprint density at radius 1 is 1.53 bits per heavy atom. The Hall–Kier alpha value is -1.32. The second-order valence-corrected chi connectivity index (χ2v) is 5.32. The highest BCUT2D eigenvalue weighted by molar-refractivity contribution is 5.79. The molecule has 0 aromatic carbocycles. The molecule has 1 aliphatic heterocycles. The van der Waals surface area contributed by atoms with Crippen molar-refractivity contribution in [3.8, 4) is 0 Å². The normalized spacial score (nSPS) is 26.5. The average Bonchev–Trinajstić information content (AvgIpc) is 2.76. The summed E-state index contributed by atoms with van der Waals surface area (Å²) in [6, 6.07) is 0. The fourth-order valence-electron chi connectivity index (χ4n) is 3.07. The number of carbonyl (C=O) groups excluding carboxylic acids is 1. The first-order chi connectivity index (χ1) is 8.26. The third kappa shape index (κ3) is 1.66. The van der Waals surface area contributed by atoms with Crippen molar-refractivity contribution in [2.75, 3.05) is 6.54 Å². The molecular weight excluding hydrogens is 214 g/mol. The minimum atomic E-state index is -0.0594. The standard InChI is InChI=1S/C13H19N3O/c1-2-3-11-8-12(17)16(9-11)13(4-5-13)15-7-6-14-10-15/h6-7,10-11H,2-5,8-9H2,1H3. The molecule has 1 amide bonds. The summed E-state index contributed by atoms with van der Waals surface area (Å²) in [5.41, 5.74) is -0.0594. The lowest BCUT2D eigenvalue weighted by Crippen LogP contribution is -2.40. The maximum absolute atomic E-state index is 12.1. The topological polar surface area (TPSA) is 38.1 Å². The third-order valence-corrected chi connectivity index (χ3v) is 4.09. The summed E-state index contributed by atoms with van der Waals surface area (Å²) in [6.45, 7) is 3.13. The first-order valence-corrected chi connectivity index (χ1v) is 6.55. The molecule has 2 fully saturated rings. The molecule has 0 spiro atoms. The van der Waals surface area contributed by atoms with Crippen LogP contribution in [0.5, 0.6) is 0 Å². The smallest absolute Gasteiger partial charge is 0.224 e. The van der Waals surface area contributed by atoms with Crippen molar-refractivity contribution in [2.24, 2.45) is 5.92 Å². The van der Waals surface area contributed by atoms with E-state index in [1.807, 2.05) is 12.5 Å². The fraction of sp³-hybridized carbons (Fsp3) is 0.692. The van der Waals surface area contributed by atoms with E-state index in [1.54, 1.807) is 6.20 Å². The van der Waals surface area contributed by atoms with E-state index in [-0.39, 0.29) is 5.66 Å². The van der Waals surface area contributed by atoms with Crippen LogP contribution in [0, 0.1) is 5.92 Å². The maximum atomic E-state index is 12.1. The highest BCUT2D eigenvalue weighted by Crippen LogP contribution is 2.49. The van der Waals surface area contributed by atoms with Crippen molar-refractivity contribution in [3.63, 3.8) is 0 Å². The van der Waals surface area contributed by atoms with Crippen LogP contribution in [0.4, 0.5) is 0 Å². The SMILES string of the molecule is CCCC1CC(=O)N(C2(n3ccnc3)CC2)C1. The zero-order valence-corrected chi connectivity index (χ0v) is 10.3. The predicted octanol–water partition coefficient (Wildman–Crippen LogP) is 1.98. The molecule has 17 heavy (non-hydrogen) atoms. The first-order valence-electron chi connectivity index (χ1n) is 6.55. The number of hydrogen-bond donors (Lipinski definition) is 0. The molecule has 4 heteroatoms. The van der Waals surface area contributed by atoms with E-state index in [1.165, 1.54) is 12.8 Å². The lowest BCUT2D eigenvalue weighted by Gasteiger charge is -2.29. The van der Waals surface area contributed by atoms with Crippen molar-refractivity contribution in [1.29, 1.82) is 0 Å². The minimum absolute atomic E-state index is 0.0594. The second kappa shape index (κ2) is 3.86. The van der Waals surface area contributed by atoms with Gasteiger partial charge in [0, 0.05) is 25.4 Å². The summed E-state index contributed by atoms with van der Waals surface area (Å²) in [6.07, 6.45) is 10.9. The van der Waals surface area contributed by atoms with Crippen LogP contribution in [0.25, 0.3) is 0 Å². The Labute approximate surface area is 102 Å². The molecule has 1 atom stereocenters. The number of rotatable bonds is 4. The van der Waals surface area contributed by atoms with Gasteiger partial charge in [0.25, 0.3) is 0 Å². The van der Waals surface area contributed by atoms with Crippen LogP contribution in [0.15, 0.2) is 18.7 Å². The van der Waals surface area contributed by atoms with Gasteiger partial charge in [-0.3, -0.25) is 4.79 Å². The van der Waals surface area contributed by atoms with Crippen LogP contribution >= 0.6 is 0 Å². The van der Waals surface area contributed by atoms with Crippen molar-refractivity contribution in [1.82, 2.24) is 14.5 Å². The van der Waals surface area contributed by atoms with Crippen molar-refractivity contribution in [2.45, 2.75) is 44.7 Å². The quantitative estimate of drug-likeness (QED) is 0.797. The van der Waals surface area contributed by atoms with Crippen LogP contribution in [0.2, 0.25) is 0 Å². The molecule has 2 aliphatic rings. The summed E-state index contributed by atoms with van der Waals surface area (Å²) in [4.78, 5) is 18.3. The Kier molecular flexibility index (Phi) is 2.45. The molecule has 1 unspecified atom stereocenters. The lowest BCUT2D eigenvalue weighted by molar-refractivity contribution is -0.132. The van der Waals surface area contributed by atoms with E-state index in [4.69, 9.17) is 0 Å². The average molecular weight is 233 g/mol. The van der Waals surface area contributed by atoms with Gasteiger partial charge in [-0.2, -0.15) is 0 Å². The Bertz CT molecular complexity index is 408. The monoisotopic (exact) mass is 233 g/mol. The van der Waals surface area contributed by atoms with E-state index < -0.39 is 0 Å². The van der Waals surface area contributed by atoms with Gasteiger partial charge in [-0.25, -0.2) is 4.98 Å². The largest absolute Gasteiger partial charge is 0.319 e. The number of aromatic nitrogens is 2. The van der Waals surface area contributed by atoms with Gasteiger partial charge < -0.3 is 9.47 Å². The summed E-state index contributed by atoms with van der Waals surface area (Å²) in [5, 5.41) is 0. The van der Waals surface area contributed by atoms with Gasteiger partial charge >= 0.3 is 0 Å². The molecule has 1 aromatic heterocycles. The molecule has 4 nitrogen and oxygen atoms in total. The Morgan fingerprint density at radius 3 is 2.94 bits per heavy atom. The highest BCUT2D eigenvalue weighted by atomic mass is 16.2. The summed E-state index contributed by atoms with van der Waals surface area (Å²) >= 11 is 0. The predicted molar refractivity (Wildman–Crippen MR) is 64.2 cm³/mol. The first kappa shape index (κ1) is 10.8. The highest BCUT2D eigenvalue weighted by Gasteiger charge is 2.54. The van der Waals surface area contributed by atoms with Gasteiger partial charge in [-0.15, -0.1) is 0 Å². The van der Waals surface area contributed by atoms with Crippen molar-refractivity contribution < 1.29 is 4.79 Å².